The van der Waals surface area contributed by atoms with Gasteiger partial charge >= 0.3 is 0 Å². The Labute approximate surface area is 104 Å². The first kappa shape index (κ1) is 10.5. The number of para-hydroxylation sites is 2. The maximum absolute atomic E-state index is 3.42. The van der Waals surface area contributed by atoms with Crippen molar-refractivity contribution in [1.82, 2.24) is 20.4 Å². The number of aromatic amines is 2. The second kappa shape index (κ2) is 4.71. The van der Waals surface area contributed by atoms with Gasteiger partial charge < -0.3 is 4.98 Å². The van der Waals surface area contributed by atoms with Gasteiger partial charge in [0.1, 0.15) is 0 Å². The fraction of sp³-hybridized carbons (Fsp3) is 0. The van der Waals surface area contributed by atoms with Crippen LogP contribution in [0.25, 0.3) is 21.8 Å². The minimum atomic E-state index is 1.21. The molecule has 4 nitrogen and oxygen atoms in total. The monoisotopic (exact) mass is 236 g/mol. The maximum atomic E-state index is 3.42. The lowest BCUT2D eigenvalue weighted by Gasteiger charge is -1.87. The summed E-state index contributed by atoms with van der Waals surface area (Å²) in [6.07, 6.45) is 3.24. The Kier molecular flexibility index (Phi) is 2.75. The van der Waals surface area contributed by atoms with Crippen LogP contribution in [0.1, 0.15) is 0 Å². The van der Waals surface area contributed by atoms with E-state index < -0.39 is 0 Å². The molecule has 0 unspecified atom stereocenters. The number of benzene rings is 2. The van der Waals surface area contributed by atoms with Gasteiger partial charge in [0.2, 0.25) is 0 Å². The van der Waals surface area contributed by atoms with E-state index in [1.165, 1.54) is 21.8 Å². The van der Waals surface area contributed by atoms with Gasteiger partial charge in [-0.25, -0.2) is 0 Å². The van der Waals surface area contributed by atoms with Gasteiger partial charge in [-0.05, 0) is 12.1 Å². The molecule has 4 heteroatoms. The van der Waals surface area contributed by atoms with Crippen molar-refractivity contribution in [3.8, 4) is 0 Å². The molecule has 2 aromatic heterocycles. The molecule has 0 amide bonds. The van der Waals surface area contributed by atoms with Crippen molar-refractivity contribution in [2.45, 2.75) is 0 Å². The first-order valence-electron chi connectivity index (χ1n) is 5.71. The summed E-state index contributed by atoms with van der Waals surface area (Å²) in [6.45, 7) is 0. The molecular formula is C14H12N4. The fourth-order valence-electron chi connectivity index (χ4n) is 1.97. The Hall–Kier alpha value is -2.62. The summed E-state index contributed by atoms with van der Waals surface area (Å²) in [5.74, 6) is 0. The van der Waals surface area contributed by atoms with Crippen LogP contribution in [0.2, 0.25) is 0 Å². The number of nitrogens with zero attached hydrogens (tertiary/aromatic N) is 2. The molecule has 0 spiro atoms. The lowest BCUT2D eigenvalue weighted by Crippen LogP contribution is -1.62. The van der Waals surface area contributed by atoms with Crippen LogP contribution in [0.3, 0.4) is 0 Å². The largest absolute Gasteiger partial charge is 0.355 e. The Morgan fingerprint density at radius 1 is 0.778 bits per heavy atom. The predicted molar refractivity (Wildman–Crippen MR) is 72.2 cm³/mol. The van der Waals surface area contributed by atoms with Crippen molar-refractivity contribution in [3.63, 3.8) is 0 Å². The standard InChI is InChI=1S/C12H9N.C2H3N3/c1-3-7-11-9(5-1)10-6-2-4-8-12(10)13-11;1-2-4-5-3-1/h1-8,13H;1-2H,(H,3,4,5). The molecular weight excluding hydrogens is 224 g/mol. The maximum Gasteiger partial charge on any atom is 0.0690 e. The molecule has 4 rings (SSSR count). The van der Waals surface area contributed by atoms with Gasteiger partial charge in [-0.1, -0.05) is 41.6 Å². The van der Waals surface area contributed by atoms with Gasteiger partial charge in [0.25, 0.3) is 0 Å². The van der Waals surface area contributed by atoms with E-state index in [0.717, 1.165) is 0 Å². The molecule has 88 valence electrons. The van der Waals surface area contributed by atoms with E-state index in [0.29, 0.717) is 0 Å². The molecule has 2 heterocycles. The SMILES string of the molecule is c1c[nH]nn1.c1ccc2c(c1)[nH]c1ccccc12. The van der Waals surface area contributed by atoms with Gasteiger partial charge in [-0.15, -0.1) is 5.10 Å². The fourth-order valence-corrected chi connectivity index (χ4v) is 1.97. The average Bonchev–Trinajstić information content (AvgIpc) is 3.10. The molecule has 0 aliphatic heterocycles. The zero-order valence-corrected chi connectivity index (χ0v) is 9.67. The van der Waals surface area contributed by atoms with Crippen molar-refractivity contribution in [2.24, 2.45) is 0 Å². The van der Waals surface area contributed by atoms with Crippen LogP contribution in [0.15, 0.2) is 60.9 Å². The lowest BCUT2D eigenvalue weighted by molar-refractivity contribution is 0.940. The highest BCUT2D eigenvalue weighted by molar-refractivity contribution is 6.06. The van der Waals surface area contributed by atoms with Crippen LogP contribution in [0.4, 0.5) is 0 Å². The summed E-state index contributed by atoms with van der Waals surface area (Å²) < 4.78 is 0. The number of aromatic nitrogens is 4. The minimum Gasteiger partial charge on any atom is -0.355 e. The van der Waals surface area contributed by atoms with Gasteiger partial charge in [-0.3, -0.25) is 5.10 Å². The number of fused-ring (bicyclic) bond motifs is 3. The smallest absolute Gasteiger partial charge is 0.0690 e. The molecule has 2 aromatic carbocycles. The molecule has 0 aliphatic carbocycles. The van der Waals surface area contributed by atoms with Crippen LogP contribution in [-0.4, -0.2) is 20.4 Å². The van der Waals surface area contributed by atoms with Crippen molar-refractivity contribution in [3.05, 3.63) is 60.9 Å². The summed E-state index contributed by atoms with van der Waals surface area (Å²) in [4.78, 5) is 3.38. The molecule has 0 saturated carbocycles. The molecule has 0 bridgehead atoms. The van der Waals surface area contributed by atoms with E-state index in [-0.39, 0.29) is 0 Å². The third kappa shape index (κ3) is 1.96. The van der Waals surface area contributed by atoms with Crippen LogP contribution in [0.5, 0.6) is 0 Å². The molecule has 2 N–H and O–H groups in total. The first-order chi connectivity index (χ1) is 8.95. The Morgan fingerprint density at radius 3 is 1.83 bits per heavy atom. The minimum absolute atomic E-state index is 1.21. The summed E-state index contributed by atoms with van der Waals surface area (Å²) in [5, 5.41) is 11.9. The van der Waals surface area contributed by atoms with E-state index in [1.54, 1.807) is 12.4 Å². The average molecular weight is 236 g/mol. The highest BCUT2D eigenvalue weighted by Gasteiger charge is 2.00. The Balaban J connectivity index is 0.000000169. The quantitative estimate of drug-likeness (QED) is 0.493. The molecule has 0 aliphatic rings. The van der Waals surface area contributed by atoms with Gasteiger partial charge in [-0.2, -0.15) is 0 Å². The van der Waals surface area contributed by atoms with Crippen molar-refractivity contribution >= 4 is 21.8 Å². The Bertz CT molecular complexity index is 673. The summed E-state index contributed by atoms with van der Waals surface area (Å²) >= 11 is 0. The molecule has 0 radical (unpaired) electrons. The molecule has 18 heavy (non-hydrogen) atoms. The molecule has 0 atom stereocenters. The van der Waals surface area contributed by atoms with Gasteiger partial charge in [0.15, 0.2) is 0 Å². The topological polar surface area (TPSA) is 57.4 Å². The van der Waals surface area contributed by atoms with Crippen molar-refractivity contribution < 1.29 is 0 Å². The summed E-state index contributed by atoms with van der Waals surface area (Å²) in [6, 6.07) is 16.8. The molecule has 0 fully saturated rings. The van der Waals surface area contributed by atoms with E-state index in [4.69, 9.17) is 0 Å². The van der Waals surface area contributed by atoms with Crippen molar-refractivity contribution in [1.29, 1.82) is 0 Å². The number of H-pyrrole nitrogens is 2. The first-order valence-corrected chi connectivity index (χ1v) is 5.71. The second-order valence-electron chi connectivity index (χ2n) is 3.88. The van der Waals surface area contributed by atoms with E-state index in [1.807, 2.05) is 0 Å². The highest BCUT2D eigenvalue weighted by atomic mass is 15.3. The molecule has 4 aromatic rings. The van der Waals surface area contributed by atoms with Crippen molar-refractivity contribution in [2.75, 3.05) is 0 Å². The van der Waals surface area contributed by atoms with Crippen LogP contribution < -0.4 is 0 Å². The van der Waals surface area contributed by atoms with E-state index >= 15 is 0 Å². The number of hydrogen-bond acceptors (Lipinski definition) is 2. The predicted octanol–water partition coefficient (Wildman–Crippen LogP) is 3.13. The third-order valence-corrected chi connectivity index (χ3v) is 2.74. The van der Waals surface area contributed by atoms with Crippen LogP contribution in [0, 0.1) is 0 Å². The normalized spacial score (nSPS) is 10.2. The van der Waals surface area contributed by atoms with Crippen LogP contribution >= 0.6 is 0 Å². The lowest BCUT2D eigenvalue weighted by atomic mass is 10.2. The number of rotatable bonds is 0. The third-order valence-electron chi connectivity index (χ3n) is 2.74. The Morgan fingerprint density at radius 2 is 1.39 bits per heavy atom. The van der Waals surface area contributed by atoms with Gasteiger partial charge in [0.05, 0.1) is 6.20 Å². The highest BCUT2D eigenvalue weighted by Crippen LogP contribution is 2.24. The zero-order valence-electron chi connectivity index (χ0n) is 9.67. The van der Waals surface area contributed by atoms with Crippen LogP contribution in [-0.2, 0) is 0 Å². The summed E-state index contributed by atoms with van der Waals surface area (Å²) in [7, 11) is 0. The number of hydrogen-bond donors (Lipinski definition) is 2. The second-order valence-corrected chi connectivity index (χ2v) is 3.88. The summed E-state index contributed by atoms with van der Waals surface area (Å²) in [5.41, 5.74) is 2.42. The number of nitrogens with one attached hydrogen (secondary N) is 2. The van der Waals surface area contributed by atoms with E-state index in [9.17, 15) is 0 Å². The van der Waals surface area contributed by atoms with E-state index in [2.05, 4.69) is 68.9 Å². The van der Waals surface area contributed by atoms with Gasteiger partial charge in [0, 0.05) is 28.0 Å². The zero-order chi connectivity index (χ0) is 12.2. The molecule has 0 saturated heterocycles.